The Morgan fingerprint density at radius 1 is 1.00 bits per heavy atom. The molecule has 0 unspecified atom stereocenters. The van der Waals surface area contributed by atoms with Gasteiger partial charge in [0.15, 0.2) is 6.61 Å². The molecule has 0 saturated carbocycles. The van der Waals surface area contributed by atoms with E-state index in [2.05, 4.69) is 11.5 Å². The first-order chi connectivity index (χ1) is 16.2. The average Bonchev–Trinajstić information content (AvgIpc) is 3.25. The van der Waals surface area contributed by atoms with Crippen LogP contribution in [0.4, 0.5) is 0 Å². The number of hydrogen-bond donors (Lipinski definition) is 0. The summed E-state index contributed by atoms with van der Waals surface area (Å²) in [6.07, 6.45) is 2.52. The third kappa shape index (κ3) is 5.04. The number of hydrogen-bond acceptors (Lipinski definition) is 4. The van der Waals surface area contributed by atoms with Crippen LogP contribution in [0.3, 0.4) is 0 Å². The van der Waals surface area contributed by atoms with Crippen LogP contribution in [0.15, 0.2) is 42.0 Å². The van der Waals surface area contributed by atoms with Gasteiger partial charge in [0, 0.05) is 40.6 Å². The lowest BCUT2D eigenvalue weighted by molar-refractivity contribution is -0.137. The van der Waals surface area contributed by atoms with E-state index in [0.717, 1.165) is 52.6 Å². The Bertz CT molecular complexity index is 1300. The van der Waals surface area contributed by atoms with Gasteiger partial charge in [0.1, 0.15) is 11.6 Å². The summed E-state index contributed by atoms with van der Waals surface area (Å²) in [6, 6.07) is 13.7. The number of benzene rings is 1. The van der Waals surface area contributed by atoms with Crippen molar-refractivity contribution in [2.75, 3.05) is 6.61 Å². The second kappa shape index (κ2) is 10.4. The maximum atomic E-state index is 12.9. The molecular formula is C28H31N3O3. The summed E-state index contributed by atoms with van der Waals surface area (Å²) in [6.45, 7) is 12.3. The number of carbonyl (C=O) groups excluding carboxylic acids is 2. The molecule has 0 fully saturated rings. The number of carbonyl (C=O) groups is 2. The first-order valence-electron chi connectivity index (χ1n) is 11.4. The van der Waals surface area contributed by atoms with Crippen molar-refractivity contribution in [2.45, 2.75) is 54.5 Å². The number of nitrogens with zero attached hydrogens (tertiary/aromatic N) is 3. The Labute approximate surface area is 201 Å². The molecule has 1 aromatic carbocycles. The molecule has 0 spiro atoms. The van der Waals surface area contributed by atoms with Crippen molar-refractivity contribution in [3.63, 3.8) is 0 Å². The van der Waals surface area contributed by atoms with Crippen LogP contribution >= 0.6 is 0 Å². The number of nitriles is 1. The largest absolute Gasteiger partial charge is 0.453 e. The fourth-order valence-electron chi connectivity index (χ4n) is 4.26. The van der Waals surface area contributed by atoms with Crippen LogP contribution in [0.1, 0.15) is 57.6 Å². The van der Waals surface area contributed by atoms with Crippen LogP contribution in [-0.2, 0) is 16.1 Å². The van der Waals surface area contributed by atoms with Crippen LogP contribution in [0.2, 0.25) is 0 Å². The Morgan fingerprint density at radius 3 is 2.29 bits per heavy atom. The van der Waals surface area contributed by atoms with Crippen molar-refractivity contribution in [1.29, 1.82) is 5.26 Å². The predicted octanol–water partition coefficient (Wildman–Crippen LogP) is 5.56. The first kappa shape index (κ1) is 24.8. The highest BCUT2D eigenvalue weighted by molar-refractivity contribution is 6.02. The molecule has 0 aliphatic carbocycles. The monoisotopic (exact) mass is 457 g/mol. The maximum absolute atomic E-state index is 12.9. The topological polar surface area (TPSA) is 77.0 Å². The number of ketones is 1. The molecule has 176 valence electrons. The van der Waals surface area contributed by atoms with Gasteiger partial charge < -0.3 is 13.9 Å². The zero-order chi connectivity index (χ0) is 25.0. The predicted molar refractivity (Wildman–Crippen MR) is 133 cm³/mol. The number of aromatic nitrogens is 2. The van der Waals surface area contributed by atoms with Crippen molar-refractivity contribution in [2.24, 2.45) is 0 Å². The molecule has 6 nitrogen and oxygen atoms in total. The molecule has 2 aromatic heterocycles. The van der Waals surface area contributed by atoms with Gasteiger partial charge in [-0.1, -0.05) is 24.6 Å². The molecule has 0 aliphatic heterocycles. The van der Waals surface area contributed by atoms with E-state index in [4.69, 9.17) is 4.74 Å². The molecule has 34 heavy (non-hydrogen) atoms. The molecular weight excluding hydrogens is 426 g/mol. The zero-order valence-electron chi connectivity index (χ0n) is 20.7. The van der Waals surface area contributed by atoms with Gasteiger partial charge in [-0.25, -0.2) is 4.79 Å². The van der Waals surface area contributed by atoms with Gasteiger partial charge in [0.2, 0.25) is 5.78 Å². The van der Waals surface area contributed by atoms with Crippen molar-refractivity contribution in [1.82, 2.24) is 9.13 Å². The smallest absolute Gasteiger partial charge is 0.349 e. The lowest BCUT2D eigenvalue weighted by atomic mass is 10.1. The molecule has 0 bridgehead atoms. The van der Waals surface area contributed by atoms with Gasteiger partial charge in [-0.2, -0.15) is 5.26 Å². The van der Waals surface area contributed by atoms with Gasteiger partial charge in [-0.15, -0.1) is 0 Å². The summed E-state index contributed by atoms with van der Waals surface area (Å²) < 4.78 is 9.39. The van der Waals surface area contributed by atoms with Crippen LogP contribution in [0, 0.1) is 45.9 Å². The van der Waals surface area contributed by atoms with E-state index in [1.165, 1.54) is 6.08 Å². The van der Waals surface area contributed by atoms with E-state index in [1.807, 2.05) is 75.6 Å². The summed E-state index contributed by atoms with van der Waals surface area (Å²) in [5, 5.41) is 9.53. The molecule has 0 atom stereocenters. The van der Waals surface area contributed by atoms with E-state index < -0.39 is 12.6 Å². The normalized spacial score (nSPS) is 11.4. The van der Waals surface area contributed by atoms with E-state index in [9.17, 15) is 14.9 Å². The number of Topliss-reactive ketones (excluding diaryl/α,β-unsaturated/α-hetero) is 1. The summed E-state index contributed by atoms with van der Waals surface area (Å²) in [5.41, 5.74) is 7.03. The molecule has 3 rings (SSSR count). The lowest BCUT2D eigenvalue weighted by Crippen LogP contribution is -2.16. The summed E-state index contributed by atoms with van der Waals surface area (Å²) in [7, 11) is 0. The van der Waals surface area contributed by atoms with Crippen LogP contribution in [0.25, 0.3) is 11.8 Å². The molecule has 0 aliphatic rings. The highest BCUT2D eigenvalue weighted by atomic mass is 16.5. The van der Waals surface area contributed by atoms with Crippen LogP contribution < -0.4 is 0 Å². The Hall–Kier alpha value is -3.85. The second-order valence-electron chi connectivity index (χ2n) is 8.60. The number of aryl methyl sites for hydroxylation is 3. The Kier molecular flexibility index (Phi) is 7.57. The average molecular weight is 458 g/mol. The minimum absolute atomic E-state index is 0.130. The fourth-order valence-corrected chi connectivity index (χ4v) is 4.26. The van der Waals surface area contributed by atoms with Gasteiger partial charge in [0.25, 0.3) is 0 Å². The Morgan fingerprint density at radius 2 is 1.68 bits per heavy atom. The fraction of sp³-hybridized carbons (Fsp3) is 0.321. The molecule has 0 saturated heterocycles. The summed E-state index contributed by atoms with van der Waals surface area (Å²) in [4.78, 5) is 25.4. The van der Waals surface area contributed by atoms with Crippen LogP contribution in [0.5, 0.6) is 0 Å². The highest BCUT2D eigenvalue weighted by Crippen LogP contribution is 2.22. The molecule has 3 aromatic rings. The summed E-state index contributed by atoms with van der Waals surface area (Å²) >= 11 is 0. The number of rotatable bonds is 8. The second-order valence-corrected chi connectivity index (χ2v) is 8.60. The van der Waals surface area contributed by atoms with Gasteiger partial charge in [-0.05, 0) is 76.9 Å². The first-order valence-corrected chi connectivity index (χ1v) is 11.4. The van der Waals surface area contributed by atoms with Crippen molar-refractivity contribution < 1.29 is 14.3 Å². The number of esters is 1. The van der Waals surface area contributed by atoms with E-state index in [-0.39, 0.29) is 11.4 Å². The molecule has 0 amide bonds. The summed E-state index contributed by atoms with van der Waals surface area (Å²) in [5.74, 6) is -1.11. The zero-order valence-corrected chi connectivity index (χ0v) is 20.7. The van der Waals surface area contributed by atoms with Gasteiger partial charge in [0.05, 0.1) is 0 Å². The molecule has 6 heteroatoms. The van der Waals surface area contributed by atoms with Crippen molar-refractivity contribution >= 4 is 17.8 Å². The van der Waals surface area contributed by atoms with E-state index in [1.54, 1.807) is 6.07 Å². The minimum atomic E-state index is -0.802. The highest BCUT2D eigenvalue weighted by Gasteiger charge is 2.20. The molecule has 0 radical (unpaired) electrons. The standard InChI is InChI=1S/C28H31N3O3/c1-7-12-30-19(3)13-23(21(30)5)15-24(16-29)28(33)34-17-27(32)26-14-20(4)31(22(26)6)25-10-8-18(2)9-11-25/h8-11,13-15H,7,12,17H2,1-6H3. The minimum Gasteiger partial charge on any atom is -0.453 e. The van der Waals surface area contributed by atoms with Gasteiger partial charge in [-0.3, -0.25) is 4.79 Å². The SMILES string of the molecule is CCCn1c(C)cc(C=C(C#N)C(=O)OCC(=O)c2cc(C)n(-c3ccc(C)cc3)c2C)c1C. The van der Waals surface area contributed by atoms with Gasteiger partial charge >= 0.3 is 5.97 Å². The Balaban J connectivity index is 1.76. The van der Waals surface area contributed by atoms with E-state index in [0.29, 0.717) is 5.56 Å². The molecule has 0 N–H and O–H groups in total. The third-order valence-electron chi connectivity index (χ3n) is 6.06. The van der Waals surface area contributed by atoms with Crippen molar-refractivity contribution in [3.8, 4) is 11.8 Å². The maximum Gasteiger partial charge on any atom is 0.349 e. The van der Waals surface area contributed by atoms with Crippen LogP contribution in [-0.4, -0.2) is 27.5 Å². The molecule has 2 heterocycles. The lowest BCUT2D eigenvalue weighted by Gasteiger charge is -2.10. The third-order valence-corrected chi connectivity index (χ3v) is 6.06. The number of ether oxygens (including phenoxy) is 1. The van der Waals surface area contributed by atoms with Crippen molar-refractivity contribution in [3.05, 3.63) is 81.4 Å². The quantitative estimate of drug-likeness (QED) is 0.192. The van der Waals surface area contributed by atoms with E-state index >= 15 is 0 Å².